The van der Waals surface area contributed by atoms with E-state index >= 15 is 0 Å². The van der Waals surface area contributed by atoms with Gasteiger partial charge in [0.15, 0.2) is 6.10 Å². The zero-order chi connectivity index (χ0) is 14.4. The molecule has 0 spiro atoms. The summed E-state index contributed by atoms with van der Waals surface area (Å²) in [7, 11) is 1.51. The molecule has 8 nitrogen and oxygen atoms in total. The second kappa shape index (κ2) is 6.93. The van der Waals surface area contributed by atoms with Gasteiger partial charge in [-0.1, -0.05) is 0 Å². The van der Waals surface area contributed by atoms with Crippen LogP contribution in [0.5, 0.6) is 0 Å². The Kier molecular flexibility index (Phi) is 5.56. The van der Waals surface area contributed by atoms with E-state index in [2.05, 4.69) is 10.6 Å². The highest BCUT2D eigenvalue weighted by molar-refractivity contribution is 5.87. The maximum absolute atomic E-state index is 11.8. The number of aliphatic hydroxyl groups excluding tert-OH is 1. The van der Waals surface area contributed by atoms with Crippen molar-refractivity contribution in [3.8, 4) is 0 Å². The number of carbonyl (C=O) groups excluding carboxylic acids is 2. The lowest BCUT2D eigenvalue weighted by atomic mass is 10.2. The summed E-state index contributed by atoms with van der Waals surface area (Å²) >= 11 is 0. The minimum absolute atomic E-state index is 0.0449. The zero-order valence-corrected chi connectivity index (χ0v) is 10.8. The number of nitrogens with one attached hydrogen (secondary N) is 2. The fourth-order valence-corrected chi connectivity index (χ4v) is 1.99. The van der Waals surface area contributed by atoms with E-state index in [1.807, 2.05) is 0 Å². The van der Waals surface area contributed by atoms with Gasteiger partial charge in [0.1, 0.15) is 6.04 Å². The molecule has 0 aliphatic carbocycles. The van der Waals surface area contributed by atoms with Crippen molar-refractivity contribution in [3.63, 3.8) is 0 Å². The fraction of sp³-hybridized carbons (Fsp3) is 0.727. The number of nitrogens with zero attached hydrogens (tertiary/aromatic N) is 1. The third-order valence-corrected chi connectivity index (χ3v) is 3.04. The van der Waals surface area contributed by atoms with Gasteiger partial charge in [0, 0.05) is 26.6 Å². The van der Waals surface area contributed by atoms with Crippen molar-refractivity contribution in [1.29, 1.82) is 0 Å². The van der Waals surface area contributed by atoms with E-state index in [9.17, 15) is 14.4 Å². The van der Waals surface area contributed by atoms with Crippen molar-refractivity contribution in [2.45, 2.75) is 31.4 Å². The minimum atomic E-state index is -1.49. The van der Waals surface area contributed by atoms with Crippen LogP contribution in [0.4, 0.5) is 4.79 Å². The summed E-state index contributed by atoms with van der Waals surface area (Å²) in [6.07, 6.45) is -0.193. The molecular formula is C11H19N3O5. The number of carbonyl (C=O) groups is 3. The lowest BCUT2D eigenvalue weighted by molar-refractivity contribution is -0.146. The van der Waals surface area contributed by atoms with E-state index in [0.29, 0.717) is 13.0 Å². The molecule has 2 atom stereocenters. The number of amides is 3. The second-order valence-corrected chi connectivity index (χ2v) is 4.34. The maximum Gasteiger partial charge on any atom is 0.332 e. The Bertz CT molecular complexity index is 360. The van der Waals surface area contributed by atoms with Crippen LogP contribution >= 0.6 is 0 Å². The second-order valence-electron chi connectivity index (χ2n) is 4.34. The third-order valence-electron chi connectivity index (χ3n) is 3.04. The number of urea groups is 1. The molecule has 1 unspecified atom stereocenters. The Morgan fingerprint density at radius 1 is 1.42 bits per heavy atom. The summed E-state index contributed by atoms with van der Waals surface area (Å²) in [4.78, 5) is 35.2. The van der Waals surface area contributed by atoms with Gasteiger partial charge in [0.2, 0.25) is 5.91 Å². The van der Waals surface area contributed by atoms with Crippen LogP contribution in [-0.2, 0) is 9.59 Å². The van der Waals surface area contributed by atoms with Crippen molar-refractivity contribution in [1.82, 2.24) is 15.5 Å². The van der Waals surface area contributed by atoms with E-state index in [-0.39, 0.29) is 18.9 Å². The van der Waals surface area contributed by atoms with E-state index < -0.39 is 24.1 Å². The molecule has 1 aliphatic rings. The number of aliphatic carboxylic acids is 1. The number of carboxylic acids is 1. The van der Waals surface area contributed by atoms with Gasteiger partial charge in [0.05, 0.1) is 0 Å². The molecule has 0 bridgehead atoms. The summed E-state index contributed by atoms with van der Waals surface area (Å²) in [5, 5.41) is 22.5. The molecule has 0 aromatic heterocycles. The summed E-state index contributed by atoms with van der Waals surface area (Å²) < 4.78 is 0. The number of likely N-dealkylation sites (tertiary alicyclic amines) is 1. The van der Waals surface area contributed by atoms with Crippen LogP contribution < -0.4 is 10.6 Å². The van der Waals surface area contributed by atoms with Gasteiger partial charge in [-0.05, 0) is 12.8 Å². The quantitative estimate of drug-likeness (QED) is 0.498. The van der Waals surface area contributed by atoms with Gasteiger partial charge in [-0.25, -0.2) is 9.59 Å². The predicted molar refractivity (Wildman–Crippen MR) is 65.5 cm³/mol. The molecule has 0 aromatic rings. The summed E-state index contributed by atoms with van der Waals surface area (Å²) in [6, 6.07) is -0.891. The zero-order valence-electron chi connectivity index (χ0n) is 10.8. The van der Waals surface area contributed by atoms with Crippen molar-refractivity contribution in [2.24, 2.45) is 0 Å². The number of rotatable bonds is 5. The molecule has 1 fully saturated rings. The Labute approximate surface area is 110 Å². The van der Waals surface area contributed by atoms with Crippen molar-refractivity contribution in [3.05, 3.63) is 0 Å². The number of hydrogen-bond donors (Lipinski definition) is 4. The average molecular weight is 273 g/mol. The number of likely N-dealkylation sites (N-methyl/N-ethyl adjacent to an activating group) is 1. The van der Waals surface area contributed by atoms with Gasteiger partial charge in [-0.3, -0.25) is 4.79 Å². The molecule has 1 saturated heterocycles. The average Bonchev–Trinajstić information content (AvgIpc) is 2.86. The molecule has 0 aromatic carbocycles. The first-order valence-corrected chi connectivity index (χ1v) is 6.14. The standard InChI is InChI=1S/C11H19N3O5/c1-12-9(16)7-3-2-6-14(7)11(19)13-5-4-8(15)10(17)18/h7-8,15H,2-6H2,1H3,(H,12,16)(H,13,19)(H,17,18)/t7?,8-/m0/s1. The SMILES string of the molecule is CNC(=O)C1CCCN1C(=O)NCC[C@H](O)C(=O)O. The normalized spacial score (nSPS) is 19.9. The predicted octanol–water partition coefficient (Wildman–Crippen LogP) is -1.26. The van der Waals surface area contributed by atoms with Crippen LogP contribution in [0.2, 0.25) is 0 Å². The van der Waals surface area contributed by atoms with Crippen LogP contribution in [0.3, 0.4) is 0 Å². The molecule has 8 heteroatoms. The summed E-state index contributed by atoms with van der Waals surface area (Å²) in [6.45, 7) is 0.536. The molecule has 4 N–H and O–H groups in total. The third kappa shape index (κ3) is 4.09. The highest BCUT2D eigenvalue weighted by atomic mass is 16.4. The van der Waals surface area contributed by atoms with Gasteiger partial charge in [-0.2, -0.15) is 0 Å². The van der Waals surface area contributed by atoms with E-state index in [4.69, 9.17) is 10.2 Å². The Morgan fingerprint density at radius 3 is 2.68 bits per heavy atom. The van der Waals surface area contributed by atoms with Crippen molar-refractivity contribution >= 4 is 17.9 Å². The Morgan fingerprint density at radius 2 is 2.11 bits per heavy atom. The number of aliphatic hydroxyl groups is 1. The lowest BCUT2D eigenvalue weighted by Crippen LogP contribution is -2.49. The lowest BCUT2D eigenvalue weighted by Gasteiger charge is -2.23. The minimum Gasteiger partial charge on any atom is -0.479 e. The smallest absolute Gasteiger partial charge is 0.332 e. The van der Waals surface area contributed by atoms with Crippen molar-refractivity contribution < 1.29 is 24.6 Å². The van der Waals surface area contributed by atoms with E-state index in [1.54, 1.807) is 0 Å². The van der Waals surface area contributed by atoms with Gasteiger partial charge < -0.3 is 25.7 Å². The Hall–Kier alpha value is -1.83. The molecular weight excluding hydrogens is 254 g/mol. The number of carboxylic acid groups (broad SMARTS) is 1. The van der Waals surface area contributed by atoms with Crippen LogP contribution in [0.1, 0.15) is 19.3 Å². The first kappa shape index (κ1) is 15.2. The van der Waals surface area contributed by atoms with Gasteiger partial charge in [-0.15, -0.1) is 0 Å². The van der Waals surface area contributed by atoms with Gasteiger partial charge in [0.25, 0.3) is 0 Å². The largest absolute Gasteiger partial charge is 0.479 e. The molecule has 3 amide bonds. The summed E-state index contributed by atoms with van der Waals surface area (Å²) in [5.74, 6) is -1.53. The molecule has 0 saturated carbocycles. The van der Waals surface area contributed by atoms with E-state index in [1.165, 1.54) is 11.9 Å². The number of hydrogen-bond acceptors (Lipinski definition) is 4. The topological polar surface area (TPSA) is 119 Å². The fourth-order valence-electron chi connectivity index (χ4n) is 1.99. The highest BCUT2D eigenvalue weighted by Gasteiger charge is 2.33. The molecule has 1 heterocycles. The molecule has 108 valence electrons. The van der Waals surface area contributed by atoms with Gasteiger partial charge >= 0.3 is 12.0 Å². The first-order valence-electron chi connectivity index (χ1n) is 6.14. The van der Waals surface area contributed by atoms with Crippen LogP contribution in [0.25, 0.3) is 0 Å². The first-order chi connectivity index (χ1) is 8.97. The van der Waals surface area contributed by atoms with E-state index in [0.717, 1.165) is 6.42 Å². The maximum atomic E-state index is 11.8. The van der Waals surface area contributed by atoms with Crippen molar-refractivity contribution in [2.75, 3.05) is 20.1 Å². The monoisotopic (exact) mass is 273 g/mol. The molecule has 1 rings (SSSR count). The molecule has 1 aliphatic heterocycles. The summed E-state index contributed by atoms with van der Waals surface area (Å²) in [5.41, 5.74) is 0. The Balaban J connectivity index is 2.40. The molecule has 0 radical (unpaired) electrons. The molecule has 19 heavy (non-hydrogen) atoms. The van der Waals surface area contributed by atoms with Crippen LogP contribution in [0, 0.1) is 0 Å². The van der Waals surface area contributed by atoms with Crippen LogP contribution in [0.15, 0.2) is 0 Å². The highest BCUT2D eigenvalue weighted by Crippen LogP contribution is 2.17. The van der Waals surface area contributed by atoms with Crippen LogP contribution in [-0.4, -0.2) is 65.3 Å².